The maximum Gasteiger partial charge on any atom is 0.311 e. The van der Waals surface area contributed by atoms with Gasteiger partial charge in [-0.1, -0.05) is 0 Å². The van der Waals surface area contributed by atoms with Gasteiger partial charge in [-0.25, -0.2) is 4.39 Å². The number of hydrogen-bond acceptors (Lipinski definition) is 2. The van der Waals surface area contributed by atoms with E-state index in [9.17, 15) is 9.18 Å². The van der Waals surface area contributed by atoms with Gasteiger partial charge in [0, 0.05) is 12.0 Å². The lowest BCUT2D eigenvalue weighted by atomic mass is 9.84. The summed E-state index contributed by atoms with van der Waals surface area (Å²) in [6.45, 7) is 3.66. The second kappa shape index (κ2) is 3.47. The number of rotatable bonds is 1. The van der Waals surface area contributed by atoms with Crippen molar-refractivity contribution >= 4 is 5.97 Å². The second-order valence-corrected chi connectivity index (χ2v) is 4.64. The van der Waals surface area contributed by atoms with Gasteiger partial charge in [0.1, 0.15) is 17.2 Å². The van der Waals surface area contributed by atoms with E-state index in [1.54, 1.807) is 0 Å². The Bertz CT molecular complexity index is 440. The summed E-state index contributed by atoms with van der Waals surface area (Å²) >= 11 is 0. The van der Waals surface area contributed by atoms with Crippen molar-refractivity contribution in [3.8, 4) is 5.75 Å². The van der Waals surface area contributed by atoms with E-state index in [1.807, 2.05) is 13.8 Å². The highest BCUT2D eigenvalue weighted by Crippen LogP contribution is 2.41. The Kier molecular flexibility index (Phi) is 2.37. The molecule has 16 heavy (non-hydrogen) atoms. The molecule has 4 heteroatoms. The topological polar surface area (TPSA) is 46.5 Å². The number of hydrogen-bond donors (Lipinski definition) is 1. The van der Waals surface area contributed by atoms with Crippen molar-refractivity contribution in [1.29, 1.82) is 0 Å². The minimum Gasteiger partial charge on any atom is -0.488 e. The Balaban J connectivity index is 2.51. The highest BCUT2D eigenvalue weighted by atomic mass is 19.1. The summed E-state index contributed by atoms with van der Waals surface area (Å²) in [5.41, 5.74) is -0.111. The van der Waals surface area contributed by atoms with Crippen LogP contribution in [0.15, 0.2) is 18.2 Å². The smallest absolute Gasteiger partial charge is 0.311 e. The van der Waals surface area contributed by atoms with Crippen molar-refractivity contribution in [1.82, 2.24) is 0 Å². The first-order chi connectivity index (χ1) is 7.39. The molecule has 0 spiro atoms. The second-order valence-electron chi connectivity index (χ2n) is 4.64. The van der Waals surface area contributed by atoms with Crippen molar-refractivity contribution in [2.75, 3.05) is 0 Å². The van der Waals surface area contributed by atoms with E-state index in [4.69, 9.17) is 9.84 Å². The fraction of sp³-hybridized carbons (Fsp3) is 0.417. The van der Waals surface area contributed by atoms with Gasteiger partial charge in [-0.15, -0.1) is 0 Å². The zero-order valence-electron chi connectivity index (χ0n) is 9.16. The van der Waals surface area contributed by atoms with Crippen molar-refractivity contribution in [3.63, 3.8) is 0 Å². The van der Waals surface area contributed by atoms with E-state index >= 15 is 0 Å². The third kappa shape index (κ3) is 1.87. The molecular formula is C12H13FO3. The van der Waals surface area contributed by atoms with E-state index in [2.05, 4.69) is 0 Å². The van der Waals surface area contributed by atoms with Crippen LogP contribution < -0.4 is 4.74 Å². The molecule has 0 fully saturated rings. The van der Waals surface area contributed by atoms with Crippen LogP contribution in [0.25, 0.3) is 0 Å². The summed E-state index contributed by atoms with van der Waals surface area (Å²) in [6, 6.07) is 4.00. The van der Waals surface area contributed by atoms with Gasteiger partial charge in [-0.2, -0.15) is 0 Å². The summed E-state index contributed by atoms with van der Waals surface area (Å²) in [4.78, 5) is 11.1. The zero-order valence-corrected chi connectivity index (χ0v) is 9.16. The Hall–Kier alpha value is -1.58. The number of carbonyl (C=O) groups is 1. The van der Waals surface area contributed by atoms with Crippen molar-refractivity contribution in [2.24, 2.45) is 0 Å². The van der Waals surface area contributed by atoms with E-state index < -0.39 is 23.3 Å². The molecule has 1 aliphatic heterocycles. The average molecular weight is 224 g/mol. The number of carboxylic acid groups (broad SMARTS) is 1. The van der Waals surface area contributed by atoms with E-state index in [0.717, 1.165) is 0 Å². The first kappa shape index (κ1) is 10.9. The van der Waals surface area contributed by atoms with Crippen LogP contribution >= 0.6 is 0 Å². The molecule has 3 nitrogen and oxygen atoms in total. The molecule has 0 saturated heterocycles. The molecular weight excluding hydrogens is 211 g/mol. The number of aliphatic carboxylic acids is 1. The maximum atomic E-state index is 13.1. The van der Waals surface area contributed by atoms with Crippen molar-refractivity contribution < 1.29 is 19.0 Å². The van der Waals surface area contributed by atoms with Crippen LogP contribution in [-0.4, -0.2) is 16.7 Å². The number of halogens is 1. The van der Waals surface area contributed by atoms with E-state index in [-0.39, 0.29) is 0 Å². The maximum absolute atomic E-state index is 13.1. The minimum absolute atomic E-state index is 0.346. The Morgan fingerprint density at radius 3 is 2.88 bits per heavy atom. The number of benzene rings is 1. The molecule has 1 aliphatic rings. The summed E-state index contributed by atoms with van der Waals surface area (Å²) in [5, 5.41) is 9.13. The van der Waals surface area contributed by atoms with Gasteiger partial charge in [-0.3, -0.25) is 4.79 Å². The molecule has 1 unspecified atom stereocenters. The lowest BCUT2D eigenvalue weighted by Gasteiger charge is -2.35. The lowest BCUT2D eigenvalue weighted by Crippen LogP contribution is -2.37. The van der Waals surface area contributed by atoms with E-state index in [0.29, 0.717) is 17.7 Å². The Labute approximate surface area is 92.9 Å². The minimum atomic E-state index is -0.941. The number of fused-ring (bicyclic) bond motifs is 1. The SMILES string of the molecule is CC1(C)CC(C(=O)O)c2cc(F)ccc2O1. The first-order valence-electron chi connectivity index (χ1n) is 5.10. The van der Waals surface area contributed by atoms with Crippen LogP contribution in [-0.2, 0) is 4.79 Å². The van der Waals surface area contributed by atoms with Crippen molar-refractivity contribution in [3.05, 3.63) is 29.6 Å². The van der Waals surface area contributed by atoms with E-state index in [1.165, 1.54) is 18.2 Å². The predicted octanol–water partition coefficient (Wildman–Crippen LogP) is 2.56. The van der Waals surface area contributed by atoms with Gasteiger partial charge in [-0.05, 0) is 32.0 Å². The first-order valence-corrected chi connectivity index (χ1v) is 5.10. The van der Waals surface area contributed by atoms with Gasteiger partial charge in [0.25, 0.3) is 0 Å². The standard InChI is InChI=1S/C12H13FO3/c1-12(2)6-9(11(14)15)8-5-7(13)3-4-10(8)16-12/h3-5,9H,6H2,1-2H3,(H,14,15). The molecule has 0 saturated carbocycles. The molecule has 0 bridgehead atoms. The normalized spacial score (nSPS) is 22.1. The summed E-state index contributed by atoms with van der Waals surface area (Å²) in [7, 11) is 0. The number of ether oxygens (including phenoxy) is 1. The van der Waals surface area contributed by atoms with Gasteiger partial charge in [0.05, 0.1) is 5.92 Å². The molecule has 1 heterocycles. The Morgan fingerprint density at radius 1 is 1.56 bits per heavy atom. The van der Waals surface area contributed by atoms with Gasteiger partial charge >= 0.3 is 5.97 Å². The monoisotopic (exact) mass is 224 g/mol. The van der Waals surface area contributed by atoms with Gasteiger partial charge in [0.15, 0.2) is 0 Å². The molecule has 0 aliphatic carbocycles. The molecule has 1 aromatic rings. The molecule has 1 aromatic carbocycles. The third-order valence-electron chi connectivity index (χ3n) is 2.73. The van der Waals surface area contributed by atoms with Crippen LogP contribution in [0.4, 0.5) is 4.39 Å². The van der Waals surface area contributed by atoms with Crippen LogP contribution in [0.5, 0.6) is 5.75 Å². The highest BCUT2D eigenvalue weighted by molar-refractivity contribution is 5.77. The largest absolute Gasteiger partial charge is 0.488 e. The lowest BCUT2D eigenvalue weighted by molar-refractivity contribution is -0.140. The molecule has 86 valence electrons. The van der Waals surface area contributed by atoms with Crippen LogP contribution in [0, 0.1) is 5.82 Å². The number of carboxylic acids is 1. The Morgan fingerprint density at radius 2 is 2.25 bits per heavy atom. The molecule has 0 radical (unpaired) electrons. The summed E-state index contributed by atoms with van der Waals surface area (Å²) in [5.74, 6) is -1.61. The van der Waals surface area contributed by atoms with Gasteiger partial charge in [0.2, 0.25) is 0 Å². The fourth-order valence-electron chi connectivity index (χ4n) is 2.05. The molecule has 2 rings (SSSR count). The fourth-order valence-corrected chi connectivity index (χ4v) is 2.05. The van der Waals surface area contributed by atoms with Gasteiger partial charge < -0.3 is 9.84 Å². The summed E-state index contributed by atoms with van der Waals surface area (Å²) < 4.78 is 18.7. The van der Waals surface area contributed by atoms with Crippen LogP contribution in [0.1, 0.15) is 31.7 Å². The van der Waals surface area contributed by atoms with Crippen molar-refractivity contribution in [2.45, 2.75) is 31.8 Å². The third-order valence-corrected chi connectivity index (χ3v) is 2.73. The molecule has 0 amide bonds. The zero-order chi connectivity index (χ0) is 11.9. The quantitative estimate of drug-likeness (QED) is 0.797. The van der Waals surface area contributed by atoms with Crippen LogP contribution in [0.2, 0.25) is 0 Å². The highest BCUT2D eigenvalue weighted by Gasteiger charge is 2.37. The molecule has 0 aromatic heterocycles. The molecule has 1 atom stereocenters. The molecule has 1 N–H and O–H groups in total. The average Bonchev–Trinajstić information content (AvgIpc) is 2.16. The van der Waals surface area contributed by atoms with Crippen LogP contribution in [0.3, 0.4) is 0 Å². The predicted molar refractivity (Wildman–Crippen MR) is 56.1 cm³/mol. The summed E-state index contributed by atoms with van der Waals surface area (Å²) in [6.07, 6.45) is 0.346.